The van der Waals surface area contributed by atoms with E-state index in [-0.39, 0.29) is 11.6 Å². The van der Waals surface area contributed by atoms with Gasteiger partial charge in [0.15, 0.2) is 0 Å². The highest BCUT2D eigenvalue weighted by atomic mass is 19.1. The van der Waals surface area contributed by atoms with Crippen LogP contribution >= 0.6 is 0 Å². The molecule has 2 nitrogen and oxygen atoms in total. The molecule has 0 radical (unpaired) electrons. The summed E-state index contributed by atoms with van der Waals surface area (Å²) >= 11 is 0. The third kappa shape index (κ3) is 4.97. The van der Waals surface area contributed by atoms with Gasteiger partial charge in [-0.1, -0.05) is 44.9 Å². The van der Waals surface area contributed by atoms with E-state index < -0.39 is 5.97 Å². The van der Waals surface area contributed by atoms with Crippen molar-refractivity contribution in [1.29, 1.82) is 0 Å². The van der Waals surface area contributed by atoms with Crippen molar-refractivity contribution >= 4 is 5.97 Å². The molecule has 3 rings (SSSR count). The lowest BCUT2D eigenvalue weighted by molar-refractivity contribution is 0.0734. The van der Waals surface area contributed by atoms with Crippen molar-refractivity contribution in [2.75, 3.05) is 0 Å². The van der Waals surface area contributed by atoms with Crippen LogP contribution < -0.4 is 4.74 Å². The molecule has 0 aliphatic heterocycles. The van der Waals surface area contributed by atoms with Crippen LogP contribution in [0.15, 0.2) is 42.5 Å². The van der Waals surface area contributed by atoms with Crippen LogP contribution in [0, 0.1) is 11.7 Å². The second kappa shape index (κ2) is 9.16. The van der Waals surface area contributed by atoms with Gasteiger partial charge >= 0.3 is 5.97 Å². The minimum atomic E-state index is -0.447. The fourth-order valence-electron chi connectivity index (χ4n) is 4.13. The van der Waals surface area contributed by atoms with Gasteiger partial charge in [0, 0.05) is 6.07 Å². The van der Waals surface area contributed by atoms with Gasteiger partial charge in [0.1, 0.15) is 11.6 Å². The third-order valence-corrected chi connectivity index (χ3v) is 5.78. The molecule has 0 aromatic heterocycles. The maximum atomic E-state index is 13.8. The predicted octanol–water partition coefficient (Wildman–Crippen LogP) is 6.68. The van der Waals surface area contributed by atoms with E-state index in [1.165, 1.54) is 50.2 Å². The Kier molecular flexibility index (Phi) is 6.65. The van der Waals surface area contributed by atoms with Crippen LogP contribution in [0.3, 0.4) is 0 Å². The molecule has 0 amide bonds. The highest BCUT2D eigenvalue weighted by molar-refractivity contribution is 5.91. The molecule has 1 aliphatic rings. The van der Waals surface area contributed by atoms with E-state index in [1.54, 1.807) is 12.1 Å². The first-order valence-electron chi connectivity index (χ1n) is 10.2. The van der Waals surface area contributed by atoms with Gasteiger partial charge in [0.05, 0.1) is 5.56 Å². The minimum absolute atomic E-state index is 0.244. The number of halogens is 1. The maximum absolute atomic E-state index is 13.8. The molecule has 0 N–H and O–H groups in total. The zero-order valence-electron chi connectivity index (χ0n) is 16.3. The predicted molar refractivity (Wildman–Crippen MR) is 107 cm³/mol. The molecule has 0 bridgehead atoms. The van der Waals surface area contributed by atoms with E-state index in [4.69, 9.17) is 4.74 Å². The molecule has 0 unspecified atom stereocenters. The summed E-state index contributed by atoms with van der Waals surface area (Å²) in [5, 5.41) is 0. The van der Waals surface area contributed by atoms with Crippen molar-refractivity contribution in [3.8, 4) is 5.75 Å². The number of carbonyl (C=O) groups excluding carboxylic acids is 1. The van der Waals surface area contributed by atoms with Crippen molar-refractivity contribution in [1.82, 2.24) is 0 Å². The third-order valence-electron chi connectivity index (χ3n) is 5.78. The molecule has 1 aliphatic carbocycles. The number of esters is 1. The van der Waals surface area contributed by atoms with Crippen LogP contribution in [-0.2, 0) is 6.42 Å². The molecule has 27 heavy (non-hydrogen) atoms. The molecule has 3 heteroatoms. The lowest BCUT2D eigenvalue weighted by atomic mass is 9.77. The molecular weight excluding hydrogens is 339 g/mol. The Labute approximate surface area is 161 Å². The number of carbonyl (C=O) groups is 1. The Balaban J connectivity index is 1.60. The Hall–Kier alpha value is -2.16. The average molecular weight is 368 g/mol. The largest absolute Gasteiger partial charge is 0.423 e. The van der Waals surface area contributed by atoms with Crippen molar-refractivity contribution < 1.29 is 13.9 Å². The van der Waals surface area contributed by atoms with Crippen molar-refractivity contribution in [2.45, 2.75) is 64.7 Å². The van der Waals surface area contributed by atoms with Crippen LogP contribution in [0.4, 0.5) is 4.39 Å². The van der Waals surface area contributed by atoms with E-state index in [1.807, 2.05) is 31.2 Å². The van der Waals surface area contributed by atoms with Gasteiger partial charge < -0.3 is 4.74 Å². The van der Waals surface area contributed by atoms with Crippen molar-refractivity contribution in [3.63, 3.8) is 0 Å². The number of benzene rings is 2. The number of aryl methyl sites for hydroxylation is 1. The summed E-state index contributed by atoms with van der Waals surface area (Å²) in [4.78, 5) is 12.3. The van der Waals surface area contributed by atoms with Crippen LogP contribution in [0.2, 0.25) is 0 Å². The van der Waals surface area contributed by atoms with Crippen molar-refractivity contribution in [2.24, 2.45) is 5.92 Å². The van der Waals surface area contributed by atoms with Gasteiger partial charge in [0.2, 0.25) is 0 Å². The quantitative estimate of drug-likeness (QED) is 0.420. The first-order chi connectivity index (χ1) is 13.1. The van der Waals surface area contributed by atoms with E-state index in [0.717, 1.165) is 5.92 Å². The molecule has 1 fully saturated rings. The average Bonchev–Trinajstić information content (AvgIpc) is 2.69. The van der Waals surface area contributed by atoms with Crippen LogP contribution in [-0.4, -0.2) is 5.97 Å². The Morgan fingerprint density at radius 1 is 1.04 bits per heavy atom. The molecule has 0 heterocycles. The van der Waals surface area contributed by atoms with E-state index in [2.05, 4.69) is 6.92 Å². The van der Waals surface area contributed by atoms with Gasteiger partial charge in [-0.05, 0) is 73.3 Å². The Morgan fingerprint density at radius 2 is 1.74 bits per heavy atom. The molecule has 0 spiro atoms. The van der Waals surface area contributed by atoms with Gasteiger partial charge in [0.25, 0.3) is 0 Å². The summed E-state index contributed by atoms with van der Waals surface area (Å²) in [5.74, 6) is 0.945. The van der Waals surface area contributed by atoms with Crippen LogP contribution in [0.25, 0.3) is 0 Å². The van der Waals surface area contributed by atoms with Crippen LogP contribution in [0.1, 0.15) is 79.8 Å². The molecular formula is C24H29FO2. The normalized spacial score (nSPS) is 19.7. The van der Waals surface area contributed by atoms with Gasteiger partial charge in [-0.15, -0.1) is 0 Å². The minimum Gasteiger partial charge on any atom is -0.423 e. The lowest BCUT2D eigenvalue weighted by Crippen LogP contribution is -2.13. The van der Waals surface area contributed by atoms with Gasteiger partial charge in [-0.3, -0.25) is 0 Å². The number of hydrogen-bond donors (Lipinski definition) is 0. The Bertz CT molecular complexity index is 758. The number of ether oxygens (including phenoxy) is 1. The van der Waals surface area contributed by atoms with Gasteiger partial charge in [-0.25, -0.2) is 9.18 Å². The second-order valence-corrected chi connectivity index (χ2v) is 7.62. The first kappa shape index (κ1) is 19.6. The summed E-state index contributed by atoms with van der Waals surface area (Å²) in [6, 6.07) is 12.3. The molecule has 144 valence electrons. The molecule has 2 aromatic carbocycles. The van der Waals surface area contributed by atoms with E-state index >= 15 is 0 Å². The summed E-state index contributed by atoms with van der Waals surface area (Å²) in [6.07, 6.45) is 8.31. The summed E-state index contributed by atoms with van der Waals surface area (Å²) in [5.41, 5.74) is 2.42. The highest BCUT2D eigenvalue weighted by Gasteiger charge is 2.22. The topological polar surface area (TPSA) is 26.3 Å². The molecule has 2 aromatic rings. The van der Waals surface area contributed by atoms with E-state index in [0.29, 0.717) is 23.5 Å². The fourth-order valence-corrected chi connectivity index (χ4v) is 4.13. The zero-order chi connectivity index (χ0) is 19.2. The number of rotatable bonds is 6. The fraction of sp³-hybridized carbons (Fsp3) is 0.458. The standard InChI is InChI=1S/C24H29FO2/c1-3-5-17-6-8-19(9-7-17)20-10-12-21(13-11-20)24(26)27-22-15-14-18(4-2)23(25)16-22/h10-17,19H,3-9H2,1-2H3. The first-order valence-corrected chi connectivity index (χ1v) is 10.2. The monoisotopic (exact) mass is 368 g/mol. The molecule has 0 atom stereocenters. The Morgan fingerprint density at radius 3 is 2.33 bits per heavy atom. The number of hydrogen-bond acceptors (Lipinski definition) is 2. The zero-order valence-corrected chi connectivity index (χ0v) is 16.3. The molecule has 1 saturated carbocycles. The van der Waals surface area contributed by atoms with Crippen LogP contribution in [0.5, 0.6) is 5.75 Å². The van der Waals surface area contributed by atoms with Crippen molar-refractivity contribution in [3.05, 3.63) is 65.0 Å². The molecule has 0 saturated heterocycles. The maximum Gasteiger partial charge on any atom is 0.343 e. The van der Waals surface area contributed by atoms with E-state index in [9.17, 15) is 9.18 Å². The summed E-state index contributed by atoms with van der Waals surface area (Å²) in [6.45, 7) is 4.15. The summed E-state index contributed by atoms with van der Waals surface area (Å²) in [7, 11) is 0. The lowest BCUT2D eigenvalue weighted by Gasteiger charge is -2.28. The second-order valence-electron chi connectivity index (χ2n) is 7.62. The highest BCUT2D eigenvalue weighted by Crippen LogP contribution is 2.37. The van der Waals surface area contributed by atoms with Gasteiger partial charge in [-0.2, -0.15) is 0 Å². The SMILES string of the molecule is CCCC1CCC(c2ccc(C(=O)Oc3ccc(CC)c(F)c3)cc2)CC1. The summed E-state index contributed by atoms with van der Waals surface area (Å²) < 4.78 is 19.2. The smallest absolute Gasteiger partial charge is 0.343 e.